The molecular formula is C33H26N2O6. The third-order valence-corrected chi connectivity index (χ3v) is 6.31. The van der Waals surface area contributed by atoms with Crippen LogP contribution in [0.5, 0.6) is 11.5 Å². The van der Waals surface area contributed by atoms with Crippen LogP contribution in [0.2, 0.25) is 0 Å². The summed E-state index contributed by atoms with van der Waals surface area (Å²) in [6, 6.07) is 24.4. The molecule has 41 heavy (non-hydrogen) atoms. The van der Waals surface area contributed by atoms with E-state index in [-0.39, 0.29) is 17.2 Å². The number of hydrogen-bond acceptors (Lipinski definition) is 6. The quantitative estimate of drug-likeness (QED) is 0.176. The van der Waals surface area contributed by atoms with Crippen LogP contribution in [0.25, 0.3) is 34.1 Å². The highest BCUT2D eigenvalue weighted by Gasteiger charge is 2.11. The molecule has 2 N–H and O–H groups in total. The number of nitrogens with one attached hydrogen (secondary N) is 2. The SMILES string of the molecule is COc1ccccc1/C=C/C(=O)Nc1ccc2oc3ccc(NC(=O)/C=C/c4ccccc4OC)cc3c(=O)c2c1. The van der Waals surface area contributed by atoms with Gasteiger partial charge in [0, 0.05) is 34.7 Å². The van der Waals surface area contributed by atoms with Crippen molar-refractivity contribution in [3.8, 4) is 11.5 Å². The van der Waals surface area contributed by atoms with Crippen LogP contribution in [0.15, 0.2) is 106 Å². The molecule has 4 aromatic carbocycles. The Morgan fingerprint density at radius 3 is 1.54 bits per heavy atom. The van der Waals surface area contributed by atoms with Crippen molar-refractivity contribution in [1.29, 1.82) is 0 Å². The number of carbonyl (C=O) groups is 2. The van der Waals surface area contributed by atoms with E-state index in [1.807, 2.05) is 36.4 Å². The van der Waals surface area contributed by atoms with Gasteiger partial charge in [-0.3, -0.25) is 14.4 Å². The topological polar surface area (TPSA) is 107 Å². The van der Waals surface area contributed by atoms with E-state index in [1.54, 1.807) is 74.9 Å². The molecule has 0 aliphatic heterocycles. The van der Waals surface area contributed by atoms with Gasteiger partial charge in [-0.15, -0.1) is 0 Å². The van der Waals surface area contributed by atoms with Crippen molar-refractivity contribution in [1.82, 2.24) is 0 Å². The minimum absolute atomic E-state index is 0.289. The fourth-order valence-corrected chi connectivity index (χ4v) is 4.32. The zero-order valence-electron chi connectivity index (χ0n) is 22.3. The lowest BCUT2D eigenvalue weighted by Crippen LogP contribution is -2.10. The average molecular weight is 547 g/mol. The smallest absolute Gasteiger partial charge is 0.248 e. The van der Waals surface area contributed by atoms with Crippen LogP contribution < -0.4 is 25.5 Å². The first-order valence-electron chi connectivity index (χ1n) is 12.7. The summed E-state index contributed by atoms with van der Waals surface area (Å²) >= 11 is 0. The number of para-hydroxylation sites is 2. The first kappa shape index (κ1) is 27.0. The van der Waals surface area contributed by atoms with Crippen molar-refractivity contribution in [3.63, 3.8) is 0 Å². The van der Waals surface area contributed by atoms with Crippen molar-refractivity contribution in [2.24, 2.45) is 0 Å². The molecule has 0 bridgehead atoms. The van der Waals surface area contributed by atoms with E-state index in [9.17, 15) is 14.4 Å². The number of benzene rings is 4. The number of amides is 2. The Kier molecular flexibility index (Phi) is 7.92. The highest BCUT2D eigenvalue weighted by Crippen LogP contribution is 2.25. The van der Waals surface area contributed by atoms with Gasteiger partial charge in [0.15, 0.2) is 0 Å². The maximum Gasteiger partial charge on any atom is 0.248 e. The third-order valence-electron chi connectivity index (χ3n) is 6.31. The summed E-state index contributed by atoms with van der Waals surface area (Å²) in [7, 11) is 3.13. The first-order chi connectivity index (χ1) is 19.9. The van der Waals surface area contributed by atoms with Gasteiger partial charge in [0.1, 0.15) is 22.7 Å². The molecule has 5 aromatic rings. The minimum Gasteiger partial charge on any atom is -0.496 e. The second-order valence-corrected chi connectivity index (χ2v) is 8.98. The largest absolute Gasteiger partial charge is 0.496 e. The van der Waals surface area contributed by atoms with Crippen LogP contribution >= 0.6 is 0 Å². The van der Waals surface area contributed by atoms with Gasteiger partial charge < -0.3 is 24.5 Å². The van der Waals surface area contributed by atoms with Crippen LogP contribution in [0, 0.1) is 0 Å². The van der Waals surface area contributed by atoms with Crippen LogP contribution in [0.3, 0.4) is 0 Å². The molecule has 8 nitrogen and oxygen atoms in total. The molecule has 1 heterocycles. The van der Waals surface area contributed by atoms with E-state index >= 15 is 0 Å². The summed E-state index contributed by atoms with van der Waals surface area (Å²) in [5.74, 6) is 0.558. The van der Waals surface area contributed by atoms with Gasteiger partial charge in [0.25, 0.3) is 0 Å². The molecule has 8 heteroatoms. The number of fused-ring (bicyclic) bond motifs is 2. The highest BCUT2D eigenvalue weighted by molar-refractivity contribution is 6.05. The van der Waals surface area contributed by atoms with E-state index < -0.39 is 0 Å². The fraction of sp³-hybridized carbons (Fsp3) is 0.0606. The zero-order valence-corrected chi connectivity index (χ0v) is 22.3. The van der Waals surface area contributed by atoms with Crippen LogP contribution in [-0.2, 0) is 9.59 Å². The summed E-state index contributed by atoms with van der Waals surface area (Å²) < 4.78 is 16.5. The van der Waals surface area contributed by atoms with Crippen molar-refractivity contribution in [2.45, 2.75) is 0 Å². The minimum atomic E-state index is -0.369. The van der Waals surface area contributed by atoms with E-state index in [1.165, 1.54) is 12.2 Å². The molecule has 0 spiro atoms. The van der Waals surface area contributed by atoms with Crippen molar-refractivity contribution in [2.75, 3.05) is 24.9 Å². The van der Waals surface area contributed by atoms with E-state index in [4.69, 9.17) is 13.9 Å². The van der Waals surface area contributed by atoms with Crippen LogP contribution in [-0.4, -0.2) is 26.0 Å². The molecule has 204 valence electrons. The zero-order chi connectivity index (χ0) is 28.8. The van der Waals surface area contributed by atoms with Crippen molar-refractivity contribution < 1.29 is 23.5 Å². The summed E-state index contributed by atoms with van der Waals surface area (Å²) in [5.41, 5.74) is 2.85. The van der Waals surface area contributed by atoms with Gasteiger partial charge in [-0.2, -0.15) is 0 Å². The van der Waals surface area contributed by atoms with Gasteiger partial charge in [-0.25, -0.2) is 0 Å². The van der Waals surface area contributed by atoms with Gasteiger partial charge in [-0.1, -0.05) is 36.4 Å². The normalized spacial score (nSPS) is 11.3. The summed E-state index contributed by atoms with van der Waals surface area (Å²) in [5, 5.41) is 6.13. The molecule has 0 fully saturated rings. The number of methoxy groups -OCH3 is 2. The molecule has 0 saturated carbocycles. The second kappa shape index (κ2) is 12.0. The second-order valence-electron chi connectivity index (χ2n) is 8.98. The molecule has 5 rings (SSSR count). The third kappa shape index (κ3) is 6.17. The Balaban J connectivity index is 1.35. The Hall–Kier alpha value is -5.63. The van der Waals surface area contributed by atoms with E-state index in [0.717, 1.165) is 11.1 Å². The number of hydrogen-bond donors (Lipinski definition) is 2. The van der Waals surface area contributed by atoms with Crippen molar-refractivity contribution >= 4 is 57.3 Å². The summed E-state index contributed by atoms with van der Waals surface area (Å²) in [6.45, 7) is 0. The van der Waals surface area contributed by atoms with Gasteiger partial charge in [-0.05, 0) is 60.7 Å². The number of carbonyl (C=O) groups excluding carboxylic acids is 2. The Bertz CT molecular complexity index is 1750. The molecule has 2 amide bonds. The maximum absolute atomic E-state index is 13.4. The van der Waals surface area contributed by atoms with E-state index in [2.05, 4.69) is 10.6 Å². The number of anilines is 2. The summed E-state index contributed by atoms with van der Waals surface area (Å²) in [4.78, 5) is 38.5. The van der Waals surface area contributed by atoms with Gasteiger partial charge >= 0.3 is 0 Å². The Morgan fingerprint density at radius 1 is 0.659 bits per heavy atom. The molecular weight excluding hydrogens is 520 g/mol. The predicted molar refractivity (Wildman–Crippen MR) is 161 cm³/mol. The first-order valence-corrected chi connectivity index (χ1v) is 12.7. The molecule has 0 radical (unpaired) electrons. The van der Waals surface area contributed by atoms with E-state index in [0.29, 0.717) is 44.8 Å². The summed E-state index contributed by atoms with van der Waals surface area (Å²) in [6.07, 6.45) is 6.08. The predicted octanol–water partition coefficient (Wildman–Crippen LogP) is 6.27. The number of ether oxygens (including phenoxy) is 2. The Morgan fingerprint density at radius 2 is 1.10 bits per heavy atom. The lowest BCUT2D eigenvalue weighted by atomic mass is 10.1. The average Bonchev–Trinajstić information content (AvgIpc) is 3.00. The molecule has 0 aliphatic carbocycles. The van der Waals surface area contributed by atoms with Crippen LogP contribution in [0.1, 0.15) is 11.1 Å². The molecule has 0 unspecified atom stereocenters. The molecule has 0 aliphatic rings. The van der Waals surface area contributed by atoms with Crippen molar-refractivity contribution in [3.05, 3.63) is 118 Å². The molecule has 0 atom stereocenters. The number of rotatable bonds is 8. The monoisotopic (exact) mass is 546 g/mol. The standard InChI is InChI=1S/C33H26N2O6/c1-39-27-9-5-3-7-21(27)11-17-31(36)34-23-13-15-29-25(19-23)33(38)26-20-24(14-16-30(26)41-29)35-32(37)18-12-22-8-4-6-10-28(22)40-2/h3-20H,1-2H3,(H,34,36)(H,35,37)/b17-11+,18-12+. The lowest BCUT2D eigenvalue weighted by molar-refractivity contribution is -0.112. The maximum atomic E-state index is 13.4. The lowest BCUT2D eigenvalue weighted by Gasteiger charge is -2.07. The van der Waals surface area contributed by atoms with Gasteiger partial charge in [0.2, 0.25) is 17.2 Å². The molecule has 1 aromatic heterocycles. The highest BCUT2D eigenvalue weighted by atomic mass is 16.5. The molecule has 0 saturated heterocycles. The van der Waals surface area contributed by atoms with Crippen LogP contribution in [0.4, 0.5) is 11.4 Å². The van der Waals surface area contributed by atoms with Gasteiger partial charge in [0.05, 0.1) is 25.0 Å². The fourth-order valence-electron chi connectivity index (χ4n) is 4.32. The Labute approximate surface area is 235 Å².